The summed E-state index contributed by atoms with van der Waals surface area (Å²) in [5.41, 5.74) is 0.599. The lowest BCUT2D eigenvalue weighted by atomic mass is 9.85. The fourth-order valence-corrected chi connectivity index (χ4v) is 3.15. The first-order valence-corrected chi connectivity index (χ1v) is 7.82. The molecule has 2 aliphatic heterocycles. The number of carbonyl (C=O) groups is 3. The molecule has 1 fully saturated rings. The number of hydrogen-bond donors (Lipinski definition) is 1. The van der Waals surface area contributed by atoms with Crippen molar-refractivity contribution in [2.45, 2.75) is 45.1 Å². The van der Waals surface area contributed by atoms with E-state index in [2.05, 4.69) is 11.9 Å². The van der Waals surface area contributed by atoms with Crippen molar-refractivity contribution in [3.05, 3.63) is 46.9 Å². The summed E-state index contributed by atoms with van der Waals surface area (Å²) in [7, 11) is 0. The van der Waals surface area contributed by atoms with Crippen LogP contribution in [-0.4, -0.2) is 28.7 Å². The molecular weight excluding hydrogens is 311 g/mol. The van der Waals surface area contributed by atoms with Crippen LogP contribution in [-0.2, 0) is 10.2 Å². The molecule has 0 saturated carbocycles. The van der Waals surface area contributed by atoms with E-state index in [9.17, 15) is 18.8 Å². The third kappa shape index (κ3) is 2.42. The second-order valence-electron chi connectivity index (χ2n) is 7.26. The van der Waals surface area contributed by atoms with Crippen molar-refractivity contribution in [2.75, 3.05) is 0 Å². The van der Waals surface area contributed by atoms with Crippen LogP contribution in [0.1, 0.15) is 59.9 Å². The van der Waals surface area contributed by atoms with Crippen molar-refractivity contribution in [2.24, 2.45) is 0 Å². The highest BCUT2D eigenvalue weighted by Gasteiger charge is 2.44. The van der Waals surface area contributed by atoms with Gasteiger partial charge in [0.25, 0.3) is 11.8 Å². The van der Waals surface area contributed by atoms with Gasteiger partial charge in [0, 0.05) is 5.70 Å². The Morgan fingerprint density at radius 3 is 2.29 bits per heavy atom. The second kappa shape index (κ2) is 5.26. The maximum absolute atomic E-state index is 14.4. The lowest BCUT2D eigenvalue weighted by Crippen LogP contribution is -2.51. The number of amides is 3. The molecule has 0 aliphatic carbocycles. The topological polar surface area (TPSA) is 66.5 Å². The molecule has 1 saturated heterocycles. The first-order chi connectivity index (χ1) is 11.1. The first kappa shape index (κ1) is 16.4. The zero-order valence-electron chi connectivity index (χ0n) is 13.9. The van der Waals surface area contributed by atoms with Crippen LogP contribution in [0.4, 0.5) is 4.39 Å². The summed E-state index contributed by atoms with van der Waals surface area (Å²) in [6.45, 7) is 9.17. The Kier molecular flexibility index (Phi) is 3.59. The van der Waals surface area contributed by atoms with E-state index in [-0.39, 0.29) is 11.1 Å². The summed E-state index contributed by atoms with van der Waals surface area (Å²) < 4.78 is 14.4. The van der Waals surface area contributed by atoms with Gasteiger partial charge in [-0.1, -0.05) is 27.4 Å². The molecule has 1 aromatic rings. The van der Waals surface area contributed by atoms with Gasteiger partial charge in [-0.3, -0.25) is 19.3 Å². The largest absolute Gasteiger partial charge is 0.329 e. The van der Waals surface area contributed by atoms with Gasteiger partial charge < -0.3 is 5.32 Å². The van der Waals surface area contributed by atoms with Gasteiger partial charge in [0.15, 0.2) is 0 Å². The SMILES string of the molecule is C=C1CCC(N2C(=O)c3cc(F)c(C(C)(C)C)cc3C2=O)C(=O)N1. The molecule has 126 valence electrons. The maximum atomic E-state index is 14.4. The Morgan fingerprint density at radius 2 is 1.75 bits per heavy atom. The molecular formula is C18H19FN2O3. The molecule has 0 bridgehead atoms. The van der Waals surface area contributed by atoms with E-state index >= 15 is 0 Å². The van der Waals surface area contributed by atoms with E-state index < -0.39 is 35.0 Å². The van der Waals surface area contributed by atoms with E-state index in [1.54, 1.807) is 0 Å². The first-order valence-electron chi connectivity index (χ1n) is 7.82. The standard InChI is InChI=1S/C18H19FN2O3/c1-9-5-6-14(15(22)20-9)21-16(23)10-7-12(18(2,3)4)13(19)8-11(10)17(21)24/h7-8,14H,1,5-6H2,2-4H3,(H,20,22). The highest BCUT2D eigenvalue weighted by Crippen LogP contribution is 2.33. The predicted octanol–water partition coefficient (Wildman–Crippen LogP) is 2.51. The van der Waals surface area contributed by atoms with Gasteiger partial charge in [0.1, 0.15) is 11.9 Å². The smallest absolute Gasteiger partial charge is 0.262 e. The van der Waals surface area contributed by atoms with Crippen LogP contribution in [0, 0.1) is 5.82 Å². The van der Waals surface area contributed by atoms with Gasteiger partial charge in [0.05, 0.1) is 11.1 Å². The molecule has 1 atom stereocenters. The van der Waals surface area contributed by atoms with Gasteiger partial charge in [-0.05, 0) is 36.0 Å². The quantitative estimate of drug-likeness (QED) is 0.805. The van der Waals surface area contributed by atoms with E-state index in [0.29, 0.717) is 24.1 Å². The number of benzene rings is 1. The fraction of sp³-hybridized carbons (Fsp3) is 0.389. The third-order valence-corrected chi connectivity index (χ3v) is 4.45. The Labute approximate surface area is 139 Å². The molecule has 1 aromatic carbocycles. The Morgan fingerprint density at radius 1 is 1.17 bits per heavy atom. The van der Waals surface area contributed by atoms with Crippen molar-refractivity contribution in [3.8, 4) is 0 Å². The van der Waals surface area contributed by atoms with Gasteiger partial charge in [-0.2, -0.15) is 0 Å². The number of nitrogens with one attached hydrogen (secondary N) is 1. The maximum Gasteiger partial charge on any atom is 0.262 e. The summed E-state index contributed by atoms with van der Waals surface area (Å²) in [5, 5.41) is 2.57. The van der Waals surface area contributed by atoms with Gasteiger partial charge >= 0.3 is 0 Å². The van der Waals surface area contributed by atoms with E-state index in [4.69, 9.17) is 0 Å². The molecule has 2 aliphatic rings. The number of imide groups is 1. The average Bonchev–Trinajstić information content (AvgIpc) is 2.69. The number of piperidine rings is 1. The second-order valence-corrected chi connectivity index (χ2v) is 7.26. The molecule has 24 heavy (non-hydrogen) atoms. The molecule has 5 nitrogen and oxygen atoms in total. The highest BCUT2D eigenvalue weighted by atomic mass is 19.1. The number of allylic oxidation sites excluding steroid dienone is 1. The number of carbonyl (C=O) groups excluding carboxylic acids is 3. The van der Waals surface area contributed by atoms with Crippen LogP contribution in [0.25, 0.3) is 0 Å². The lowest BCUT2D eigenvalue weighted by Gasteiger charge is -2.29. The molecule has 3 amide bonds. The van der Waals surface area contributed by atoms with Crippen molar-refractivity contribution >= 4 is 17.7 Å². The van der Waals surface area contributed by atoms with Gasteiger partial charge in [0.2, 0.25) is 5.91 Å². The van der Waals surface area contributed by atoms with Crippen molar-refractivity contribution in [1.29, 1.82) is 0 Å². The number of halogens is 1. The average molecular weight is 330 g/mol. The minimum absolute atomic E-state index is 0.0164. The van der Waals surface area contributed by atoms with Crippen molar-refractivity contribution < 1.29 is 18.8 Å². The van der Waals surface area contributed by atoms with Gasteiger partial charge in [-0.25, -0.2) is 4.39 Å². The number of nitrogens with zero attached hydrogens (tertiary/aromatic N) is 1. The van der Waals surface area contributed by atoms with E-state index in [0.717, 1.165) is 11.0 Å². The summed E-state index contributed by atoms with van der Waals surface area (Å²) in [4.78, 5) is 38.4. The zero-order chi connectivity index (χ0) is 17.8. The molecule has 2 heterocycles. The predicted molar refractivity (Wildman–Crippen MR) is 85.9 cm³/mol. The summed E-state index contributed by atoms with van der Waals surface area (Å²) in [6.07, 6.45) is 0.816. The van der Waals surface area contributed by atoms with Crippen LogP contribution in [0.15, 0.2) is 24.4 Å². The number of rotatable bonds is 1. The molecule has 1 N–H and O–H groups in total. The van der Waals surface area contributed by atoms with Crippen molar-refractivity contribution in [1.82, 2.24) is 10.2 Å². The zero-order valence-corrected chi connectivity index (χ0v) is 13.9. The monoisotopic (exact) mass is 330 g/mol. The van der Waals surface area contributed by atoms with Crippen molar-refractivity contribution in [3.63, 3.8) is 0 Å². The Hall–Kier alpha value is -2.50. The van der Waals surface area contributed by atoms with Crippen LogP contribution in [0.2, 0.25) is 0 Å². The fourth-order valence-electron chi connectivity index (χ4n) is 3.15. The molecule has 0 aromatic heterocycles. The molecule has 3 rings (SSSR count). The molecule has 1 unspecified atom stereocenters. The van der Waals surface area contributed by atoms with E-state index in [1.165, 1.54) is 6.07 Å². The minimum Gasteiger partial charge on any atom is -0.329 e. The van der Waals surface area contributed by atoms with E-state index in [1.807, 2.05) is 20.8 Å². The summed E-state index contributed by atoms with van der Waals surface area (Å²) >= 11 is 0. The molecule has 6 heteroatoms. The van der Waals surface area contributed by atoms with Crippen LogP contribution in [0.5, 0.6) is 0 Å². The Bertz CT molecular complexity index is 792. The minimum atomic E-state index is -0.885. The molecule has 0 radical (unpaired) electrons. The summed E-state index contributed by atoms with van der Waals surface area (Å²) in [6, 6.07) is 1.66. The normalized spacial score (nSPS) is 21.2. The lowest BCUT2D eigenvalue weighted by molar-refractivity contribution is -0.125. The van der Waals surface area contributed by atoms with Crippen LogP contribution in [0.3, 0.4) is 0 Å². The third-order valence-electron chi connectivity index (χ3n) is 4.45. The van der Waals surface area contributed by atoms with Crippen LogP contribution >= 0.6 is 0 Å². The molecule has 0 spiro atoms. The number of hydrogen-bond acceptors (Lipinski definition) is 3. The number of fused-ring (bicyclic) bond motifs is 1. The van der Waals surface area contributed by atoms with Crippen LogP contribution < -0.4 is 5.32 Å². The summed E-state index contributed by atoms with van der Waals surface area (Å²) in [5.74, 6) is -2.13. The van der Waals surface area contributed by atoms with Gasteiger partial charge in [-0.15, -0.1) is 0 Å². The Balaban J connectivity index is 2.03. The highest BCUT2D eigenvalue weighted by molar-refractivity contribution is 6.23.